The zero-order valence-corrected chi connectivity index (χ0v) is 21.9. The van der Waals surface area contributed by atoms with E-state index in [1.165, 1.54) is 128 Å². The van der Waals surface area contributed by atoms with Gasteiger partial charge in [0.25, 0.3) is 0 Å². The van der Waals surface area contributed by atoms with Gasteiger partial charge in [0.1, 0.15) is 0 Å². The summed E-state index contributed by atoms with van der Waals surface area (Å²) in [5.41, 5.74) is 1.13. The van der Waals surface area contributed by atoms with Gasteiger partial charge in [-0.3, -0.25) is 0 Å². The van der Waals surface area contributed by atoms with Crippen molar-refractivity contribution >= 4 is 11.3 Å². The Morgan fingerprint density at radius 3 is 1.45 bits per heavy atom. The third-order valence-corrected chi connectivity index (χ3v) is 7.62. The SMILES string of the molecule is CCCCCCCCCCCCC(CCCCCCCCCC)CC(O)c1ccsc1. The van der Waals surface area contributed by atoms with Crippen LogP contribution in [0.25, 0.3) is 0 Å². The summed E-state index contributed by atoms with van der Waals surface area (Å²) in [5.74, 6) is 0.698. The summed E-state index contributed by atoms with van der Waals surface area (Å²) in [6, 6.07) is 2.10. The summed E-state index contributed by atoms with van der Waals surface area (Å²) in [5, 5.41) is 14.9. The van der Waals surface area contributed by atoms with Crippen LogP contribution in [-0.2, 0) is 0 Å². The maximum Gasteiger partial charge on any atom is 0.0800 e. The molecule has 1 nitrogen and oxygen atoms in total. The first kappa shape index (κ1) is 28.7. The van der Waals surface area contributed by atoms with Crippen LogP contribution in [0.5, 0.6) is 0 Å². The molecular weight excluding hydrogens is 396 g/mol. The van der Waals surface area contributed by atoms with E-state index in [0.717, 1.165) is 12.0 Å². The van der Waals surface area contributed by atoms with E-state index in [4.69, 9.17) is 0 Å². The van der Waals surface area contributed by atoms with Gasteiger partial charge in [-0.05, 0) is 34.7 Å². The van der Waals surface area contributed by atoms with Crippen molar-refractivity contribution in [3.05, 3.63) is 22.4 Å². The minimum atomic E-state index is -0.256. The summed E-state index contributed by atoms with van der Waals surface area (Å²) in [6.45, 7) is 4.58. The van der Waals surface area contributed by atoms with E-state index < -0.39 is 0 Å². The number of thiophene rings is 1. The van der Waals surface area contributed by atoms with Gasteiger partial charge in [-0.1, -0.05) is 142 Å². The Hall–Kier alpha value is -0.340. The van der Waals surface area contributed by atoms with Crippen molar-refractivity contribution < 1.29 is 5.11 Å². The molecule has 1 heterocycles. The lowest BCUT2D eigenvalue weighted by molar-refractivity contribution is 0.137. The van der Waals surface area contributed by atoms with Gasteiger partial charge in [-0.15, -0.1) is 0 Å². The van der Waals surface area contributed by atoms with E-state index in [1.807, 2.05) is 0 Å². The zero-order valence-electron chi connectivity index (χ0n) is 21.1. The standard InChI is InChI=1S/C29H54OS/c1-3-5-7-9-11-13-14-16-18-20-22-27(25-29(30)28-23-24-31-26-28)21-19-17-15-12-10-8-6-4-2/h23-24,26-27,29-30H,3-22,25H2,1-2H3. The molecular formula is C29H54OS. The van der Waals surface area contributed by atoms with E-state index in [-0.39, 0.29) is 6.10 Å². The van der Waals surface area contributed by atoms with Crippen molar-refractivity contribution in [3.8, 4) is 0 Å². The fraction of sp³-hybridized carbons (Fsp3) is 0.862. The van der Waals surface area contributed by atoms with E-state index >= 15 is 0 Å². The van der Waals surface area contributed by atoms with Crippen LogP contribution in [-0.4, -0.2) is 5.11 Å². The minimum Gasteiger partial charge on any atom is -0.388 e. The summed E-state index contributed by atoms with van der Waals surface area (Å²) in [6.07, 6.45) is 28.6. The predicted molar refractivity (Wildman–Crippen MR) is 141 cm³/mol. The minimum absolute atomic E-state index is 0.256. The van der Waals surface area contributed by atoms with Gasteiger partial charge in [0.15, 0.2) is 0 Å². The Bertz CT molecular complexity index is 455. The lowest BCUT2D eigenvalue weighted by Gasteiger charge is -2.20. The largest absolute Gasteiger partial charge is 0.388 e. The molecule has 0 aliphatic carbocycles. The van der Waals surface area contributed by atoms with Crippen molar-refractivity contribution in [1.29, 1.82) is 0 Å². The second-order valence-corrected chi connectivity index (χ2v) is 10.7. The first-order valence-electron chi connectivity index (χ1n) is 14.0. The van der Waals surface area contributed by atoms with E-state index in [1.54, 1.807) is 11.3 Å². The topological polar surface area (TPSA) is 20.2 Å². The summed E-state index contributed by atoms with van der Waals surface area (Å²) < 4.78 is 0. The molecule has 2 atom stereocenters. The highest BCUT2D eigenvalue weighted by Crippen LogP contribution is 2.30. The van der Waals surface area contributed by atoms with Gasteiger partial charge >= 0.3 is 0 Å². The monoisotopic (exact) mass is 450 g/mol. The van der Waals surface area contributed by atoms with Gasteiger partial charge in [0.05, 0.1) is 6.10 Å². The first-order chi connectivity index (χ1) is 15.3. The van der Waals surface area contributed by atoms with Crippen LogP contribution in [0.4, 0.5) is 0 Å². The summed E-state index contributed by atoms with van der Waals surface area (Å²) in [4.78, 5) is 0. The Morgan fingerprint density at radius 2 is 1.06 bits per heavy atom. The normalized spacial score (nSPS) is 13.5. The molecule has 0 aliphatic heterocycles. The average molecular weight is 451 g/mol. The van der Waals surface area contributed by atoms with Gasteiger partial charge < -0.3 is 5.11 Å². The second kappa shape index (κ2) is 21.5. The van der Waals surface area contributed by atoms with Crippen LogP contribution in [0.2, 0.25) is 0 Å². The highest BCUT2D eigenvalue weighted by Gasteiger charge is 2.16. The zero-order chi connectivity index (χ0) is 22.4. The molecule has 0 fully saturated rings. The molecule has 2 unspecified atom stereocenters. The molecule has 1 aromatic rings. The lowest BCUT2D eigenvalue weighted by atomic mass is 9.88. The van der Waals surface area contributed by atoms with Crippen LogP contribution in [0.15, 0.2) is 16.8 Å². The molecule has 0 aromatic carbocycles. The Morgan fingerprint density at radius 1 is 0.645 bits per heavy atom. The van der Waals surface area contributed by atoms with Crippen LogP contribution in [0.1, 0.15) is 160 Å². The lowest BCUT2D eigenvalue weighted by Crippen LogP contribution is -2.08. The molecule has 2 heteroatoms. The third kappa shape index (κ3) is 16.9. The molecule has 0 saturated carbocycles. The van der Waals surface area contributed by atoms with E-state index in [2.05, 4.69) is 30.7 Å². The summed E-state index contributed by atoms with van der Waals surface area (Å²) in [7, 11) is 0. The van der Waals surface area contributed by atoms with Crippen molar-refractivity contribution in [1.82, 2.24) is 0 Å². The molecule has 0 saturated heterocycles. The molecule has 0 bridgehead atoms. The van der Waals surface area contributed by atoms with Crippen LogP contribution in [0, 0.1) is 5.92 Å². The van der Waals surface area contributed by atoms with Crippen LogP contribution in [0.3, 0.4) is 0 Å². The van der Waals surface area contributed by atoms with Crippen molar-refractivity contribution in [2.75, 3.05) is 0 Å². The van der Waals surface area contributed by atoms with Crippen molar-refractivity contribution in [2.45, 2.75) is 155 Å². The smallest absolute Gasteiger partial charge is 0.0800 e. The van der Waals surface area contributed by atoms with Gasteiger partial charge in [-0.2, -0.15) is 11.3 Å². The highest BCUT2D eigenvalue weighted by atomic mass is 32.1. The second-order valence-electron chi connectivity index (χ2n) is 9.91. The number of hydrogen-bond acceptors (Lipinski definition) is 2. The predicted octanol–water partition coefficient (Wildman–Crippen LogP) is 10.6. The number of aliphatic hydroxyl groups excluding tert-OH is 1. The number of unbranched alkanes of at least 4 members (excludes halogenated alkanes) is 16. The van der Waals surface area contributed by atoms with Crippen LogP contribution >= 0.6 is 11.3 Å². The average Bonchev–Trinajstić information content (AvgIpc) is 3.31. The summed E-state index contributed by atoms with van der Waals surface area (Å²) >= 11 is 1.70. The fourth-order valence-electron chi connectivity index (χ4n) is 4.78. The van der Waals surface area contributed by atoms with E-state index in [0.29, 0.717) is 5.92 Å². The molecule has 182 valence electrons. The number of hydrogen-bond donors (Lipinski definition) is 1. The highest BCUT2D eigenvalue weighted by molar-refractivity contribution is 7.07. The Balaban J connectivity index is 2.17. The van der Waals surface area contributed by atoms with E-state index in [9.17, 15) is 5.11 Å². The molecule has 1 rings (SSSR count). The van der Waals surface area contributed by atoms with Crippen molar-refractivity contribution in [2.24, 2.45) is 5.92 Å². The maximum atomic E-state index is 10.7. The van der Waals surface area contributed by atoms with Crippen LogP contribution < -0.4 is 0 Å². The van der Waals surface area contributed by atoms with Crippen molar-refractivity contribution in [3.63, 3.8) is 0 Å². The molecule has 0 aliphatic rings. The molecule has 0 spiro atoms. The first-order valence-corrected chi connectivity index (χ1v) is 14.9. The molecule has 0 radical (unpaired) electrons. The maximum absolute atomic E-state index is 10.7. The molecule has 1 N–H and O–H groups in total. The number of rotatable bonds is 23. The molecule has 0 amide bonds. The fourth-order valence-corrected chi connectivity index (χ4v) is 5.49. The molecule has 31 heavy (non-hydrogen) atoms. The Labute approximate surface area is 199 Å². The molecule has 1 aromatic heterocycles. The Kier molecular flexibility index (Phi) is 19.9. The van der Waals surface area contributed by atoms with Gasteiger partial charge in [-0.25, -0.2) is 0 Å². The van der Waals surface area contributed by atoms with Gasteiger partial charge in [0, 0.05) is 0 Å². The third-order valence-electron chi connectivity index (χ3n) is 6.92. The quantitative estimate of drug-likeness (QED) is 0.164. The number of aliphatic hydroxyl groups is 1. The van der Waals surface area contributed by atoms with Gasteiger partial charge in [0.2, 0.25) is 0 Å².